The lowest BCUT2D eigenvalue weighted by molar-refractivity contribution is -0.122. The Morgan fingerprint density at radius 1 is 1.06 bits per heavy atom. The van der Waals surface area contributed by atoms with Crippen LogP contribution < -0.4 is 16.4 Å². The van der Waals surface area contributed by atoms with Gasteiger partial charge in [-0.3, -0.25) is 4.79 Å². The highest BCUT2D eigenvalue weighted by atomic mass is 32.2. The summed E-state index contributed by atoms with van der Waals surface area (Å²) in [5, 5.41) is 8.09. The Labute approximate surface area is 210 Å². The second-order valence-corrected chi connectivity index (χ2v) is 11.2. The molecular formula is C28H28N4O3S. The highest BCUT2D eigenvalue weighted by molar-refractivity contribution is 7.90. The van der Waals surface area contributed by atoms with Crippen molar-refractivity contribution in [2.75, 3.05) is 17.3 Å². The first-order valence-corrected chi connectivity index (χ1v) is 13.7. The Kier molecular flexibility index (Phi) is 6.36. The average Bonchev–Trinajstić information content (AvgIpc) is 3.71. The molecule has 1 amide bonds. The van der Waals surface area contributed by atoms with Crippen LogP contribution in [0.3, 0.4) is 0 Å². The molecule has 1 aliphatic rings. The zero-order chi connectivity index (χ0) is 25.3. The third-order valence-corrected chi connectivity index (χ3v) is 7.68. The van der Waals surface area contributed by atoms with Crippen molar-refractivity contribution in [2.45, 2.75) is 36.2 Å². The molecule has 0 aliphatic heterocycles. The van der Waals surface area contributed by atoms with E-state index in [-0.39, 0.29) is 17.3 Å². The van der Waals surface area contributed by atoms with Crippen molar-refractivity contribution in [3.05, 3.63) is 95.7 Å². The van der Waals surface area contributed by atoms with Crippen molar-refractivity contribution in [3.63, 3.8) is 0 Å². The van der Waals surface area contributed by atoms with Crippen LogP contribution >= 0.6 is 0 Å². The third kappa shape index (κ3) is 5.18. The van der Waals surface area contributed by atoms with E-state index in [4.69, 9.17) is 5.73 Å². The molecule has 7 nitrogen and oxygen atoms in total. The van der Waals surface area contributed by atoms with Crippen LogP contribution in [0.5, 0.6) is 0 Å². The smallest absolute Gasteiger partial charge is 0.247 e. The predicted molar refractivity (Wildman–Crippen MR) is 142 cm³/mol. The maximum atomic E-state index is 13.5. The van der Waals surface area contributed by atoms with Gasteiger partial charge in [-0.2, -0.15) is 0 Å². The Morgan fingerprint density at radius 2 is 1.86 bits per heavy atom. The molecule has 8 heteroatoms. The number of nitrogens with two attached hydrogens (primary N) is 1. The summed E-state index contributed by atoms with van der Waals surface area (Å²) >= 11 is 0. The van der Waals surface area contributed by atoms with Crippen LogP contribution in [-0.2, 0) is 21.2 Å². The standard InChI is InChI=1S/C28H28N4O3S/c1-36(34,35)25-8-3-2-5-22(25)17-31-28(33)26(21-7-4-6-19(15-21)18-9-10-18)32-23-11-12-24-20(16-23)13-14-30-27(24)29/h2-8,11-16,18,26,32H,9-10,17H2,1H3,(H2,29,30)(H,31,33). The number of sulfone groups is 1. The number of benzene rings is 3. The summed E-state index contributed by atoms with van der Waals surface area (Å²) in [5.41, 5.74) is 9.39. The Bertz CT molecular complexity index is 1550. The van der Waals surface area contributed by atoms with Gasteiger partial charge in [-0.05, 0) is 71.2 Å². The number of anilines is 2. The zero-order valence-corrected chi connectivity index (χ0v) is 20.8. The maximum absolute atomic E-state index is 13.5. The minimum atomic E-state index is -3.42. The molecule has 3 aromatic carbocycles. The Hall–Kier alpha value is -3.91. The summed E-state index contributed by atoms with van der Waals surface area (Å²) in [6.45, 7) is 0.0997. The molecule has 0 spiro atoms. The van der Waals surface area contributed by atoms with Crippen molar-refractivity contribution in [1.29, 1.82) is 0 Å². The largest absolute Gasteiger partial charge is 0.383 e. The first kappa shape index (κ1) is 23.8. The number of hydrogen-bond acceptors (Lipinski definition) is 6. The molecule has 5 rings (SSSR count). The van der Waals surface area contributed by atoms with Crippen molar-refractivity contribution in [2.24, 2.45) is 0 Å². The van der Waals surface area contributed by atoms with Crippen LogP contribution in [0, 0.1) is 0 Å². The van der Waals surface area contributed by atoms with Gasteiger partial charge in [0.05, 0.1) is 4.90 Å². The number of rotatable bonds is 8. The molecule has 1 unspecified atom stereocenters. The number of nitrogens with one attached hydrogen (secondary N) is 2. The predicted octanol–water partition coefficient (Wildman–Crippen LogP) is 4.57. The minimum Gasteiger partial charge on any atom is -0.383 e. The van der Waals surface area contributed by atoms with Gasteiger partial charge < -0.3 is 16.4 Å². The fourth-order valence-electron chi connectivity index (χ4n) is 4.46. The highest BCUT2D eigenvalue weighted by Gasteiger charge is 2.26. The molecule has 1 atom stereocenters. The van der Waals surface area contributed by atoms with Crippen LogP contribution in [0.15, 0.2) is 83.9 Å². The van der Waals surface area contributed by atoms with Gasteiger partial charge in [-0.1, -0.05) is 42.5 Å². The second-order valence-electron chi connectivity index (χ2n) is 9.25. The Balaban J connectivity index is 1.45. The summed E-state index contributed by atoms with van der Waals surface area (Å²) < 4.78 is 24.4. The van der Waals surface area contributed by atoms with E-state index in [1.807, 2.05) is 36.4 Å². The summed E-state index contributed by atoms with van der Waals surface area (Å²) in [6.07, 6.45) is 5.15. The molecule has 4 aromatic rings. The maximum Gasteiger partial charge on any atom is 0.247 e. The van der Waals surface area contributed by atoms with Gasteiger partial charge >= 0.3 is 0 Å². The SMILES string of the molecule is CS(=O)(=O)c1ccccc1CNC(=O)C(Nc1ccc2c(N)nccc2c1)c1cccc(C2CC2)c1. The summed E-state index contributed by atoms with van der Waals surface area (Å²) in [7, 11) is -3.42. The van der Waals surface area contributed by atoms with Gasteiger partial charge in [0.25, 0.3) is 0 Å². The molecule has 0 saturated heterocycles. The van der Waals surface area contributed by atoms with E-state index in [0.29, 0.717) is 17.3 Å². The number of pyridine rings is 1. The molecule has 184 valence electrons. The number of aromatic nitrogens is 1. The third-order valence-electron chi connectivity index (χ3n) is 6.49. The number of carbonyl (C=O) groups excluding carboxylic acids is 1. The molecule has 36 heavy (non-hydrogen) atoms. The monoisotopic (exact) mass is 500 g/mol. The first-order valence-electron chi connectivity index (χ1n) is 11.9. The molecule has 4 N–H and O–H groups in total. The lowest BCUT2D eigenvalue weighted by atomic mass is 10.00. The summed E-state index contributed by atoms with van der Waals surface area (Å²) in [6, 6.07) is 21.7. The van der Waals surface area contributed by atoms with Gasteiger partial charge in [0.2, 0.25) is 5.91 Å². The van der Waals surface area contributed by atoms with E-state index >= 15 is 0 Å². The van der Waals surface area contributed by atoms with Crippen molar-refractivity contribution in [3.8, 4) is 0 Å². The normalized spacial score (nSPS) is 14.4. The highest BCUT2D eigenvalue weighted by Crippen LogP contribution is 2.40. The number of hydrogen-bond donors (Lipinski definition) is 3. The lowest BCUT2D eigenvalue weighted by Gasteiger charge is -2.21. The van der Waals surface area contributed by atoms with Gasteiger partial charge in [-0.15, -0.1) is 0 Å². The van der Waals surface area contributed by atoms with E-state index in [2.05, 4.69) is 27.8 Å². The molecular weight excluding hydrogens is 472 g/mol. The van der Waals surface area contributed by atoms with Crippen LogP contribution in [0.25, 0.3) is 10.8 Å². The number of amides is 1. The first-order chi connectivity index (χ1) is 17.3. The molecule has 1 heterocycles. The van der Waals surface area contributed by atoms with E-state index in [1.165, 1.54) is 11.8 Å². The van der Waals surface area contributed by atoms with Crippen LogP contribution in [0.2, 0.25) is 0 Å². The Morgan fingerprint density at radius 3 is 2.64 bits per heavy atom. The van der Waals surface area contributed by atoms with Gasteiger partial charge in [0.15, 0.2) is 9.84 Å². The fraction of sp³-hybridized carbons (Fsp3) is 0.214. The molecule has 0 radical (unpaired) electrons. The van der Waals surface area contributed by atoms with E-state index in [1.54, 1.807) is 30.5 Å². The number of fused-ring (bicyclic) bond motifs is 1. The number of carbonyl (C=O) groups is 1. The van der Waals surface area contributed by atoms with Crippen LogP contribution in [0.1, 0.15) is 41.5 Å². The van der Waals surface area contributed by atoms with Crippen molar-refractivity contribution >= 4 is 38.0 Å². The molecule has 1 aliphatic carbocycles. The van der Waals surface area contributed by atoms with Gasteiger partial charge in [0, 0.05) is 30.1 Å². The number of nitrogen functional groups attached to an aromatic ring is 1. The van der Waals surface area contributed by atoms with Crippen molar-refractivity contribution in [1.82, 2.24) is 10.3 Å². The van der Waals surface area contributed by atoms with E-state index in [0.717, 1.165) is 34.9 Å². The van der Waals surface area contributed by atoms with Crippen LogP contribution in [-0.4, -0.2) is 25.6 Å². The topological polar surface area (TPSA) is 114 Å². The molecule has 0 bridgehead atoms. The number of nitrogens with zero attached hydrogens (tertiary/aromatic N) is 1. The molecule has 1 aromatic heterocycles. The van der Waals surface area contributed by atoms with E-state index < -0.39 is 15.9 Å². The van der Waals surface area contributed by atoms with Gasteiger partial charge in [0.1, 0.15) is 11.9 Å². The zero-order valence-electron chi connectivity index (χ0n) is 19.9. The molecule has 1 saturated carbocycles. The van der Waals surface area contributed by atoms with E-state index in [9.17, 15) is 13.2 Å². The summed E-state index contributed by atoms with van der Waals surface area (Å²) in [5.74, 6) is 0.752. The van der Waals surface area contributed by atoms with Crippen LogP contribution in [0.4, 0.5) is 11.5 Å². The second kappa shape index (κ2) is 9.62. The quantitative estimate of drug-likeness (QED) is 0.327. The molecule has 1 fully saturated rings. The van der Waals surface area contributed by atoms with Crippen molar-refractivity contribution < 1.29 is 13.2 Å². The lowest BCUT2D eigenvalue weighted by Crippen LogP contribution is -2.33. The summed E-state index contributed by atoms with van der Waals surface area (Å²) in [4.78, 5) is 17.9. The minimum absolute atomic E-state index is 0.0997. The van der Waals surface area contributed by atoms with Gasteiger partial charge in [-0.25, -0.2) is 13.4 Å². The average molecular weight is 501 g/mol. The fourth-order valence-corrected chi connectivity index (χ4v) is 5.41.